The van der Waals surface area contributed by atoms with Gasteiger partial charge in [0.1, 0.15) is 5.75 Å². The summed E-state index contributed by atoms with van der Waals surface area (Å²) in [4.78, 5) is 12.4. The average molecular weight is 445 g/mol. The molecule has 1 saturated carbocycles. The molecule has 1 fully saturated rings. The average Bonchev–Trinajstić information content (AvgIpc) is 2.75. The smallest absolute Gasteiger partial charge is 0.258 e. The van der Waals surface area contributed by atoms with Crippen molar-refractivity contribution >= 4 is 15.9 Å². The predicted octanol–water partition coefficient (Wildman–Crippen LogP) is 3.82. The lowest BCUT2D eigenvalue weighted by molar-refractivity contribution is -0.123. The number of hydrogen-bond acceptors (Lipinski definition) is 4. The molecule has 0 bridgehead atoms. The predicted molar refractivity (Wildman–Crippen MR) is 122 cm³/mol. The Bertz CT molecular complexity index is 906. The van der Waals surface area contributed by atoms with Gasteiger partial charge in [-0.1, -0.05) is 62.4 Å². The highest BCUT2D eigenvalue weighted by molar-refractivity contribution is 7.89. The van der Waals surface area contributed by atoms with E-state index in [0.29, 0.717) is 18.7 Å². The molecule has 3 rings (SSSR count). The van der Waals surface area contributed by atoms with Crippen molar-refractivity contribution in [1.29, 1.82) is 0 Å². The van der Waals surface area contributed by atoms with Crippen LogP contribution >= 0.6 is 0 Å². The van der Waals surface area contributed by atoms with Crippen LogP contribution in [-0.2, 0) is 21.2 Å². The molecule has 2 aromatic carbocycles. The Balaban J connectivity index is 1.43. The van der Waals surface area contributed by atoms with Gasteiger partial charge in [0.05, 0.1) is 4.90 Å². The van der Waals surface area contributed by atoms with E-state index in [2.05, 4.69) is 10.0 Å². The van der Waals surface area contributed by atoms with Crippen molar-refractivity contribution in [2.45, 2.75) is 62.3 Å². The molecule has 0 aromatic heterocycles. The lowest BCUT2D eigenvalue weighted by atomic mass is 9.97. The minimum absolute atomic E-state index is 0.0715. The van der Waals surface area contributed by atoms with Crippen LogP contribution < -0.4 is 14.8 Å². The quantitative estimate of drug-likeness (QED) is 0.616. The number of ether oxygens (including phenoxy) is 1. The molecule has 2 aromatic rings. The summed E-state index contributed by atoms with van der Waals surface area (Å²) in [5, 5.41) is 3.06. The highest BCUT2D eigenvalue weighted by atomic mass is 32.2. The second-order valence-corrected chi connectivity index (χ2v) is 9.77. The van der Waals surface area contributed by atoms with E-state index in [-0.39, 0.29) is 23.5 Å². The number of amides is 1. The highest BCUT2D eigenvalue weighted by Crippen LogP contribution is 2.18. The van der Waals surface area contributed by atoms with Crippen molar-refractivity contribution < 1.29 is 17.9 Å². The zero-order valence-electron chi connectivity index (χ0n) is 17.9. The fourth-order valence-electron chi connectivity index (χ4n) is 3.79. The van der Waals surface area contributed by atoms with E-state index in [1.807, 2.05) is 30.3 Å². The van der Waals surface area contributed by atoms with Gasteiger partial charge < -0.3 is 10.1 Å². The molecule has 31 heavy (non-hydrogen) atoms. The Kier molecular flexibility index (Phi) is 8.91. The number of carbonyl (C=O) groups is 1. The van der Waals surface area contributed by atoms with E-state index in [4.69, 9.17) is 4.74 Å². The summed E-state index contributed by atoms with van der Waals surface area (Å²) in [6, 6.07) is 16.1. The van der Waals surface area contributed by atoms with E-state index >= 15 is 0 Å². The SMILES string of the molecule is O=C(COc1ccc(S(=O)(=O)NCCc2ccccc2)cc1)NC1CCCCCCC1. The van der Waals surface area contributed by atoms with Crippen LogP contribution in [0.2, 0.25) is 0 Å². The van der Waals surface area contributed by atoms with Crippen molar-refractivity contribution in [3.8, 4) is 5.75 Å². The van der Waals surface area contributed by atoms with E-state index in [1.165, 1.54) is 31.4 Å². The molecule has 0 atom stereocenters. The summed E-state index contributed by atoms with van der Waals surface area (Å²) in [6.07, 6.45) is 8.74. The van der Waals surface area contributed by atoms with Gasteiger partial charge in [-0.05, 0) is 49.1 Å². The molecule has 0 aliphatic heterocycles. The molecule has 2 N–H and O–H groups in total. The van der Waals surface area contributed by atoms with Gasteiger partial charge in [-0.15, -0.1) is 0 Å². The van der Waals surface area contributed by atoms with Gasteiger partial charge in [0.15, 0.2) is 6.61 Å². The van der Waals surface area contributed by atoms with Crippen LogP contribution in [0.15, 0.2) is 59.5 Å². The number of sulfonamides is 1. The first kappa shape index (κ1) is 23.3. The number of hydrogen-bond donors (Lipinski definition) is 2. The van der Waals surface area contributed by atoms with Crippen LogP contribution in [0.3, 0.4) is 0 Å². The highest BCUT2D eigenvalue weighted by Gasteiger charge is 2.16. The topological polar surface area (TPSA) is 84.5 Å². The monoisotopic (exact) mass is 444 g/mol. The molecule has 6 nitrogen and oxygen atoms in total. The van der Waals surface area contributed by atoms with Gasteiger partial charge in [-0.25, -0.2) is 13.1 Å². The van der Waals surface area contributed by atoms with Gasteiger partial charge in [-0.2, -0.15) is 0 Å². The molecule has 168 valence electrons. The molecule has 0 spiro atoms. The van der Waals surface area contributed by atoms with Crippen LogP contribution in [0, 0.1) is 0 Å². The zero-order chi connectivity index (χ0) is 21.9. The molecule has 1 aliphatic rings. The summed E-state index contributed by atoms with van der Waals surface area (Å²) >= 11 is 0. The Hall–Kier alpha value is -2.38. The number of carbonyl (C=O) groups excluding carboxylic acids is 1. The third kappa shape index (κ3) is 7.99. The Morgan fingerprint density at radius 1 is 0.903 bits per heavy atom. The maximum absolute atomic E-state index is 12.5. The molecule has 0 saturated heterocycles. The number of nitrogens with one attached hydrogen (secondary N) is 2. The van der Waals surface area contributed by atoms with Crippen molar-refractivity contribution in [3.63, 3.8) is 0 Å². The number of benzene rings is 2. The molecular formula is C24H32N2O4S. The first-order chi connectivity index (χ1) is 15.0. The van der Waals surface area contributed by atoms with Crippen LogP contribution in [-0.4, -0.2) is 33.5 Å². The molecular weight excluding hydrogens is 412 g/mol. The molecule has 0 radical (unpaired) electrons. The van der Waals surface area contributed by atoms with Crippen molar-refractivity contribution in [3.05, 3.63) is 60.2 Å². The molecule has 7 heteroatoms. The summed E-state index contributed by atoms with van der Waals surface area (Å²) in [7, 11) is -3.59. The summed E-state index contributed by atoms with van der Waals surface area (Å²) in [6.45, 7) is 0.254. The van der Waals surface area contributed by atoms with Gasteiger partial charge in [-0.3, -0.25) is 4.79 Å². The van der Waals surface area contributed by atoms with Gasteiger partial charge in [0, 0.05) is 12.6 Å². The van der Waals surface area contributed by atoms with E-state index < -0.39 is 10.0 Å². The Morgan fingerprint density at radius 3 is 2.23 bits per heavy atom. The molecule has 1 amide bonds. The first-order valence-corrected chi connectivity index (χ1v) is 12.6. The van der Waals surface area contributed by atoms with Crippen molar-refractivity contribution in [1.82, 2.24) is 10.0 Å². The lowest BCUT2D eigenvalue weighted by Gasteiger charge is -2.21. The summed E-state index contributed by atoms with van der Waals surface area (Å²) < 4.78 is 33.1. The van der Waals surface area contributed by atoms with Crippen molar-refractivity contribution in [2.24, 2.45) is 0 Å². The van der Waals surface area contributed by atoms with Gasteiger partial charge >= 0.3 is 0 Å². The van der Waals surface area contributed by atoms with Crippen LogP contribution in [0.5, 0.6) is 5.75 Å². The zero-order valence-corrected chi connectivity index (χ0v) is 18.7. The Labute approximate surface area is 185 Å². The summed E-state index contributed by atoms with van der Waals surface area (Å²) in [5.74, 6) is 0.334. The minimum atomic E-state index is -3.59. The minimum Gasteiger partial charge on any atom is -0.484 e. The third-order valence-corrected chi connectivity index (χ3v) is 7.00. The van der Waals surface area contributed by atoms with E-state index in [9.17, 15) is 13.2 Å². The second-order valence-electron chi connectivity index (χ2n) is 8.00. The van der Waals surface area contributed by atoms with Gasteiger partial charge in [0.2, 0.25) is 10.0 Å². The number of rotatable bonds is 9. The fraction of sp³-hybridized carbons (Fsp3) is 0.458. The maximum Gasteiger partial charge on any atom is 0.258 e. The third-order valence-electron chi connectivity index (χ3n) is 5.52. The van der Waals surface area contributed by atoms with Crippen LogP contribution in [0.4, 0.5) is 0 Å². The normalized spacial score (nSPS) is 15.6. The summed E-state index contributed by atoms with van der Waals surface area (Å²) in [5.41, 5.74) is 1.08. The van der Waals surface area contributed by atoms with Gasteiger partial charge in [0.25, 0.3) is 5.91 Å². The Morgan fingerprint density at radius 2 is 1.55 bits per heavy atom. The molecule has 0 unspecified atom stereocenters. The molecule has 1 aliphatic carbocycles. The van der Waals surface area contributed by atoms with Crippen molar-refractivity contribution in [2.75, 3.05) is 13.2 Å². The fourth-order valence-corrected chi connectivity index (χ4v) is 4.82. The maximum atomic E-state index is 12.5. The second kappa shape index (κ2) is 11.9. The van der Waals surface area contributed by atoms with Crippen LogP contribution in [0.1, 0.15) is 50.5 Å². The largest absolute Gasteiger partial charge is 0.484 e. The lowest BCUT2D eigenvalue weighted by Crippen LogP contribution is -2.38. The van der Waals surface area contributed by atoms with Crippen LogP contribution in [0.25, 0.3) is 0 Å². The first-order valence-electron chi connectivity index (χ1n) is 11.1. The molecule has 0 heterocycles. The van der Waals surface area contributed by atoms with E-state index in [1.54, 1.807) is 12.1 Å². The standard InChI is InChI=1S/C24H32N2O4S/c27-24(26-21-11-7-2-1-3-8-12-21)19-30-22-13-15-23(16-14-22)31(28,29)25-18-17-20-9-5-4-6-10-20/h4-6,9-10,13-16,21,25H,1-3,7-8,11-12,17-19H2,(H,26,27). The van der Waals surface area contributed by atoms with E-state index in [0.717, 1.165) is 31.2 Å².